The minimum absolute atomic E-state index is 0.0254. The fraction of sp³-hybridized carbons (Fsp3) is 0.429. The Kier molecular flexibility index (Phi) is 5.08. The molecule has 21 heavy (non-hydrogen) atoms. The zero-order chi connectivity index (χ0) is 15.4. The summed E-state index contributed by atoms with van der Waals surface area (Å²) in [7, 11) is 2.01. The lowest BCUT2D eigenvalue weighted by Gasteiger charge is -2.32. The van der Waals surface area contributed by atoms with Crippen LogP contribution in [0.4, 0.5) is 4.39 Å². The van der Waals surface area contributed by atoms with Crippen LogP contribution in [-0.2, 0) is 4.79 Å². The van der Waals surface area contributed by atoms with E-state index in [0.717, 1.165) is 13.1 Å². The van der Waals surface area contributed by atoms with Crippen LogP contribution in [0.15, 0.2) is 18.2 Å². The van der Waals surface area contributed by atoms with Gasteiger partial charge in [0.1, 0.15) is 4.99 Å². The number of halogens is 1. The molecule has 1 aromatic carbocycles. The minimum Gasteiger partial charge on any atom is -0.481 e. The number of likely N-dealkylation sites (N-methyl/N-ethyl adjacent to an activating group) is 1. The third kappa shape index (κ3) is 4.12. The average molecular weight is 311 g/mol. The van der Waals surface area contributed by atoms with Gasteiger partial charge in [-0.2, -0.15) is 0 Å². The zero-order valence-electron chi connectivity index (χ0n) is 11.8. The summed E-state index contributed by atoms with van der Waals surface area (Å²) in [5, 5.41) is 0. The van der Waals surface area contributed by atoms with Crippen LogP contribution < -0.4 is 10.5 Å². The van der Waals surface area contributed by atoms with Crippen molar-refractivity contribution in [2.24, 2.45) is 5.73 Å². The molecule has 0 spiro atoms. The molecule has 7 heteroatoms. The highest BCUT2D eigenvalue weighted by atomic mass is 32.1. The molecule has 0 bridgehead atoms. The first kappa shape index (κ1) is 15.7. The van der Waals surface area contributed by atoms with Gasteiger partial charge in [0.05, 0.1) is 0 Å². The Morgan fingerprint density at radius 1 is 1.38 bits per heavy atom. The number of amides is 1. The zero-order valence-corrected chi connectivity index (χ0v) is 12.7. The van der Waals surface area contributed by atoms with Crippen LogP contribution in [0.25, 0.3) is 0 Å². The Balaban J connectivity index is 1.91. The quantitative estimate of drug-likeness (QED) is 0.826. The molecular formula is C14H18FN3O2S. The summed E-state index contributed by atoms with van der Waals surface area (Å²) in [4.78, 5) is 16.0. The summed E-state index contributed by atoms with van der Waals surface area (Å²) in [6.45, 7) is 2.83. The highest BCUT2D eigenvalue weighted by Gasteiger charge is 2.19. The number of ether oxygens (including phenoxy) is 1. The van der Waals surface area contributed by atoms with Crippen molar-refractivity contribution in [2.75, 3.05) is 39.8 Å². The predicted octanol–water partition coefficient (Wildman–Crippen LogP) is 0.613. The van der Waals surface area contributed by atoms with Gasteiger partial charge in [-0.1, -0.05) is 12.2 Å². The third-order valence-electron chi connectivity index (χ3n) is 3.42. The number of carbonyl (C=O) groups excluding carboxylic acids is 1. The van der Waals surface area contributed by atoms with Gasteiger partial charge >= 0.3 is 0 Å². The molecule has 2 N–H and O–H groups in total. The Bertz CT molecular complexity index is 545. The molecule has 1 saturated heterocycles. The molecule has 1 heterocycles. The van der Waals surface area contributed by atoms with E-state index in [1.54, 1.807) is 11.0 Å². The van der Waals surface area contributed by atoms with Gasteiger partial charge in [-0.05, 0) is 25.2 Å². The average Bonchev–Trinajstić information content (AvgIpc) is 2.46. The summed E-state index contributed by atoms with van der Waals surface area (Å²) < 4.78 is 19.0. The largest absolute Gasteiger partial charge is 0.481 e. The van der Waals surface area contributed by atoms with E-state index in [-0.39, 0.29) is 23.3 Å². The number of hydrogen-bond acceptors (Lipinski definition) is 4. The van der Waals surface area contributed by atoms with Crippen LogP contribution in [0.5, 0.6) is 5.75 Å². The molecule has 2 rings (SSSR count). The molecule has 0 saturated carbocycles. The lowest BCUT2D eigenvalue weighted by Crippen LogP contribution is -2.48. The lowest BCUT2D eigenvalue weighted by molar-refractivity contribution is -0.134. The Morgan fingerprint density at radius 3 is 2.62 bits per heavy atom. The van der Waals surface area contributed by atoms with Crippen LogP contribution in [0.3, 0.4) is 0 Å². The molecule has 1 amide bonds. The van der Waals surface area contributed by atoms with E-state index in [9.17, 15) is 9.18 Å². The molecule has 1 aliphatic rings. The smallest absolute Gasteiger partial charge is 0.260 e. The Morgan fingerprint density at radius 2 is 2.05 bits per heavy atom. The molecular weight excluding hydrogens is 293 g/mol. The van der Waals surface area contributed by atoms with Crippen molar-refractivity contribution in [2.45, 2.75) is 0 Å². The number of benzene rings is 1. The molecule has 114 valence electrons. The van der Waals surface area contributed by atoms with Crippen LogP contribution in [-0.4, -0.2) is 60.5 Å². The number of nitrogens with two attached hydrogens (primary N) is 1. The number of piperazine rings is 1. The maximum Gasteiger partial charge on any atom is 0.260 e. The van der Waals surface area contributed by atoms with Crippen molar-refractivity contribution in [3.8, 4) is 5.75 Å². The summed E-state index contributed by atoms with van der Waals surface area (Å²) >= 11 is 4.77. The molecule has 0 unspecified atom stereocenters. The van der Waals surface area contributed by atoms with Gasteiger partial charge in [0.25, 0.3) is 5.91 Å². The number of nitrogens with zero attached hydrogens (tertiary/aromatic N) is 2. The van der Waals surface area contributed by atoms with Gasteiger partial charge in [0, 0.05) is 31.7 Å². The van der Waals surface area contributed by atoms with E-state index < -0.39 is 5.82 Å². The van der Waals surface area contributed by atoms with E-state index in [2.05, 4.69) is 4.90 Å². The molecule has 5 nitrogen and oxygen atoms in total. The molecule has 0 radical (unpaired) electrons. The van der Waals surface area contributed by atoms with Crippen molar-refractivity contribution in [1.82, 2.24) is 9.80 Å². The second kappa shape index (κ2) is 6.82. The monoisotopic (exact) mass is 311 g/mol. The Hall–Kier alpha value is -1.73. The highest BCUT2D eigenvalue weighted by molar-refractivity contribution is 7.80. The van der Waals surface area contributed by atoms with Gasteiger partial charge in [0.2, 0.25) is 0 Å². The summed E-state index contributed by atoms with van der Waals surface area (Å²) in [6, 6.07) is 4.21. The summed E-state index contributed by atoms with van der Waals surface area (Å²) in [6.07, 6.45) is 0. The van der Waals surface area contributed by atoms with E-state index >= 15 is 0 Å². The fourth-order valence-electron chi connectivity index (χ4n) is 2.06. The minimum atomic E-state index is -0.577. The molecule has 1 aliphatic heterocycles. The first-order chi connectivity index (χ1) is 9.97. The van der Waals surface area contributed by atoms with Crippen molar-refractivity contribution < 1.29 is 13.9 Å². The van der Waals surface area contributed by atoms with Gasteiger partial charge in [-0.3, -0.25) is 4.79 Å². The van der Waals surface area contributed by atoms with Crippen LogP contribution in [0, 0.1) is 5.82 Å². The van der Waals surface area contributed by atoms with Crippen LogP contribution >= 0.6 is 12.2 Å². The van der Waals surface area contributed by atoms with Crippen LogP contribution in [0.2, 0.25) is 0 Å². The van der Waals surface area contributed by atoms with E-state index in [0.29, 0.717) is 18.7 Å². The normalized spacial score (nSPS) is 15.8. The van der Waals surface area contributed by atoms with E-state index in [1.165, 1.54) is 12.1 Å². The molecule has 0 aromatic heterocycles. The number of rotatable bonds is 4. The third-order valence-corrected chi connectivity index (χ3v) is 3.66. The second-order valence-corrected chi connectivity index (χ2v) is 5.42. The predicted molar refractivity (Wildman–Crippen MR) is 81.9 cm³/mol. The first-order valence-electron chi connectivity index (χ1n) is 6.66. The number of carbonyl (C=O) groups is 1. The summed E-state index contributed by atoms with van der Waals surface area (Å²) in [5.74, 6) is -0.690. The first-order valence-corrected chi connectivity index (χ1v) is 7.06. The maximum absolute atomic E-state index is 13.8. The lowest BCUT2D eigenvalue weighted by atomic mass is 10.2. The van der Waals surface area contributed by atoms with E-state index in [4.69, 9.17) is 22.7 Å². The number of thiocarbonyl (C=S) groups is 1. The van der Waals surface area contributed by atoms with Crippen molar-refractivity contribution in [3.05, 3.63) is 29.6 Å². The van der Waals surface area contributed by atoms with Gasteiger partial charge in [-0.15, -0.1) is 0 Å². The standard InChI is InChI=1S/C14H18FN3O2S/c1-17-4-6-18(7-5-17)13(19)9-20-12-3-2-10(14(16)21)8-11(12)15/h2-3,8H,4-7,9H2,1H3,(H2,16,21). The molecule has 0 aliphatic carbocycles. The molecule has 1 aromatic rings. The van der Waals surface area contributed by atoms with Crippen molar-refractivity contribution in [1.29, 1.82) is 0 Å². The maximum atomic E-state index is 13.8. The molecule has 0 atom stereocenters. The van der Waals surface area contributed by atoms with Crippen molar-refractivity contribution in [3.63, 3.8) is 0 Å². The summed E-state index contributed by atoms with van der Waals surface area (Å²) in [5.41, 5.74) is 5.85. The van der Waals surface area contributed by atoms with Crippen molar-refractivity contribution >= 4 is 23.1 Å². The van der Waals surface area contributed by atoms with Gasteiger partial charge in [-0.25, -0.2) is 4.39 Å². The Labute approximate surface area is 128 Å². The van der Waals surface area contributed by atoms with Crippen LogP contribution in [0.1, 0.15) is 5.56 Å². The topological polar surface area (TPSA) is 58.8 Å². The highest BCUT2D eigenvalue weighted by Crippen LogP contribution is 2.18. The second-order valence-electron chi connectivity index (χ2n) is 4.98. The molecule has 1 fully saturated rings. The number of hydrogen-bond donors (Lipinski definition) is 1. The van der Waals surface area contributed by atoms with E-state index in [1.807, 2.05) is 7.05 Å². The van der Waals surface area contributed by atoms with Gasteiger partial charge < -0.3 is 20.3 Å². The fourth-order valence-corrected chi connectivity index (χ4v) is 2.18. The SMILES string of the molecule is CN1CCN(C(=O)COc2ccc(C(N)=S)cc2F)CC1. The van der Waals surface area contributed by atoms with Gasteiger partial charge in [0.15, 0.2) is 18.2 Å².